The number of nitrogens with zero attached hydrogens (tertiary/aromatic N) is 2. The minimum Gasteiger partial charge on any atom is -0.453 e. The Morgan fingerprint density at radius 1 is 1.06 bits per heavy atom. The van der Waals surface area contributed by atoms with Crippen molar-refractivity contribution >= 4 is 27.2 Å². The van der Waals surface area contributed by atoms with Gasteiger partial charge in [0.25, 0.3) is 10.0 Å². The fourth-order valence-corrected chi connectivity index (χ4v) is 5.08. The van der Waals surface area contributed by atoms with Gasteiger partial charge in [0, 0.05) is 29.4 Å². The first-order chi connectivity index (χ1) is 16.4. The molecule has 0 saturated heterocycles. The van der Waals surface area contributed by atoms with Crippen LogP contribution in [-0.2, 0) is 10.0 Å². The molecule has 0 radical (unpaired) electrons. The van der Waals surface area contributed by atoms with E-state index in [1.807, 2.05) is 13.0 Å². The van der Waals surface area contributed by atoms with Crippen molar-refractivity contribution < 1.29 is 22.3 Å². The summed E-state index contributed by atoms with van der Waals surface area (Å²) in [5, 5.41) is 7.09. The molecule has 5 rings (SSSR count). The highest BCUT2D eigenvalue weighted by Gasteiger charge is 2.24. The van der Waals surface area contributed by atoms with Crippen LogP contribution in [0.4, 0.5) is 4.39 Å². The van der Waals surface area contributed by atoms with Crippen molar-refractivity contribution in [1.29, 1.82) is 0 Å². The van der Waals surface area contributed by atoms with Crippen molar-refractivity contribution in [3.63, 3.8) is 0 Å². The summed E-state index contributed by atoms with van der Waals surface area (Å²) in [6, 6.07) is 17.5. The molecule has 34 heavy (non-hydrogen) atoms. The van der Waals surface area contributed by atoms with Crippen LogP contribution in [0, 0.1) is 12.7 Å². The van der Waals surface area contributed by atoms with E-state index in [0.717, 1.165) is 21.2 Å². The highest BCUT2D eigenvalue weighted by atomic mass is 32.2. The van der Waals surface area contributed by atoms with Crippen LogP contribution in [0.1, 0.15) is 15.9 Å². The monoisotopic (exact) mass is 475 g/mol. The molecule has 170 valence electrons. The highest BCUT2D eigenvalue weighted by Crippen LogP contribution is 2.36. The number of carbonyl (C=O) groups is 1. The maximum absolute atomic E-state index is 15.2. The zero-order chi connectivity index (χ0) is 23.9. The van der Waals surface area contributed by atoms with Crippen molar-refractivity contribution in [2.24, 2.45) is 0 Å². The molecule has 0 aliphatic rings. The molecular formula is C25H18FN3O4S. The first-order valence-electron chi connectivity index (χ1n) is 10.3. The SMILES string of the molecule is Cc1ccc(S(=O)(=O)n2ccc3c(C=O)c(Oc4cccc(-c5cc[nH]n5)c4)c(F)cc32)cc1. The number of ether oxygens (including phenoxy) is 1. The number of carbonyl (C=O) groups excluding carboxylic acids is 1. The predicted molar refractivity (Wildman–Crippen MR) is 125 cm³/mol. The maximum atomic E-state index is 15.2. The predicted octanol–water partition coefficient (Wildman–Crippen LogP) is 5.32. The zero-order valence-corrected chi connectivity index (χ0v) is 18.7. The maximum Gasteiger partial charge on any atom is 0.268 e. The number of aryl methyl sites for hydroxylation is 1. The summed E-state index contributed by atoms with van der Waals surface area (Å²) in [4.78, 5) is 12.0. The van der Waals surface area contributed by atoms with Gasteiger partial charge in [-0.15, -0.1) is 0 Å². The summed E-state index contributed by atoms with van der Waals surface area (Å²) in [5.74, 6) is -0.848. The van der Waals surface area contributed by atoms with Crippen molar-refractivity contribution in [2.75, 3.05) is 0 Å². The van der Waals surface area contributed by atoms with Crippen molar-refractivity contribution in [3.05, 3.63) is 96.1 Å². The number of halogens is 1. The second-order valence-corrected chi connectivity index (χ2v) is 9.49. The summed E-state index contributed by atoms with van der Waals surface area (Å²) >= 11 is 0. The Hall–Kier alpha value is -4.24. The number of rotatable bonds is 6. The first kappa shape index (κ1) is 21.6. The minimum atomic E-state index is -4.00. The third-order valence-electron chi connectivity index (χ3n) is 5.45. The van der Waals surface area contributed by atoms with Crippen LogP contribution in [0.2, 0.25) is 0 Å². The van der Waals surface area contributed by atoms with E-state index in [9.17, 15) is 13.2 Å². The van der Waals surface area contributed by atoms with Crippen LogP contribution in [0.5, 0.6) is 11.5 Å². The van der Waals surface area contributed by atoms with E-state index < -0.39 is 15.8 Å². The summed E-state index contributed by atoms with van der Waals surface area (Å²) in [6.45, 7) is 1.85. The molecule has 7 nitrogen and oxygen atoms in total. The van der Waals surface area contributed by atoms with Gasteiger partial charge < -0.3 is 4.74 Å². The lowest BCUT2D eigenvalue weighted by Gasteiger charge is -2.13. The molecule has 2 aromatic heterocycles. The van der Waals surface area contributed by atoms with Gasteiger partial charge >= 0.3 is 0 Å². The molecule has 2 heterocycles. The normalized spacial score (nSPS) is 11.6. The van der Waals surface area contributed by atoms with Gasteiger partial charge in [0.2, 0.25) is 0 Å². The zero-order valence-electron chi connectivity index (χ0n) is 17.9. The lowest BCUT2D eigenvalue weighted by atomic mass is 10.1. The fourth-order valence-electron chi connectivity index (χ4n) is 3.74. The van der Waals surface area contributed by atoms with Gasteiger partial charge in [-0.1, -0.05) is 29.8 Å². The summed E-state index contributed by atoms with van der Waals surface area (Å²) < 4.78 is 48.3. The molecule has 0 spiro atoms. The van der Waals surface area contributed by atoms with Crippen LogP contribution in [-0.4, -0.2) is 28.9 Å². The molecule has 1 N–H and O–H groups in total. The molecule has 3 aromatic carbocycles. The van der Waals surface area contributed by atoms with E-state index in [4.69, 9.17) is 4.74 Å². The molecule has 0 saturated carbocycles. The topological polar surface area (TPSA) is 94.0 Å². The molecular weight excluding hydrogens is 457 g/mol. The van der Waals surface area contributed by atoms with Crippen LogP contribution >= 0.6 is 0 Å². The van der Waals surface area contributed by atoms with E-state index in [1.54, 1.807) is 42.6 Å². The Morgan fingerprint density at radius 3 is 2.56 bits per heavy atom. The molecule has 0 fully saturated rings. The average molecular weight is 476 g/mol. The third kappa shape index (κ3) is 3.65. The highest BCUT2D eigenvalue weighted by molar-refractivity contribution is 7.90. The van der Waals surface area contributed by atoms with Gasteiger partial charge in [0.05, 0.1) is 21.7 Å². The Balaban J connectivity index is 1.60. The Kier molecular flexibility index (Phi) is 5.25. The number of aldehydes is 1. The number of H-pyrrole nitrogens is 1. The van der Waals surface area contributed by atoms with Gasteiger partial charge in [-0.25, -0.2) is 16.8 Å². The largest absolute Gasteiger partial charge is 0.453 e. The van der Waals surface area contributed by atoms with Crippen molar-refractivity contribution in [2.45, 2.75) is 11.8 Å². The smallest absolute Gasteiger partial charge is 0.268 e. The van der Waals surface area contributed by atoms with Gasteiger partial charge in [-0.05, 0) is 43.3 Å². The number of hydrogen-bond donors (Lipinski definition) is 1. The standard InChI is InChI=1S/C25H18FN3O4S/c1-16-5-7-19(8-6-16)34(31,32)29-12-10-20-21(15-30)25(22(26)14-24(20)29)33-18-4-2-3-17(13-18)23-9-11-27-28-23/h2-15H,1H3,(H,27,28). The fraction of sp³-hybridized carbons (Fsp3) is 0.0400. The van der Waals surface area contributed by atoms with Crippen LogP contribution in [0.15, 0.2) is 84.0 Å². The summed E-state index contributed by atoms with van der Waals surface area (Å²) in [5.41, 5.74) is 2.28. The van der Waals surface area contributed by atoms with Crippen LogP contribution in [0.25, 0.3) is 22.2 Å². The van der Waals surface area contributed by atoms with E-state index >= 15 is 4.39 Å². The molecule has 0 atom stereocenters. The lowest BCUT2D eigenvalue weighted by molar-refractivity contribution is 0.112. The summed E-state index contributed by atoms with van der Waals surface area (Å²) in [6.07, 6.45) is 3.44. The van der Waals surface area contributed by atoms with Crippen molar-refractivity contribution in [1.82, 2.24) is 14.2 Å². The molecule has 0 unspecified atom stereocenters. The van der Waals surface area contributed by atoms with E-state index in [-0.39, 0.29) is 27.1 Å². The van der Waals surface area contributed by atoms with Gasteiger partial charge in [0.15, 0.2) is 17.9 Å². The Labute approximate surface area is 194 Å². The first-order valence-corrected chi connectivity index (χ1v) is 11.7. The second kappa shape index (κ2) is 8.27. The number of hydrogen-bond acceptors (Lipinski definition) is 5. The molecule has 0 bridgehead atoms. The molecule has 0 aliphatic carbocycles. The van der Waals surface area contributed by atoms with E-state index in [2.05, 4.69) is 10.2 Å². The van der Waals surface area contributed by atoms with Gasteiger partial charge in [-0.3, -0.25) is 9.89 Å². The number of benzene rings is 3. The Morgan fingerprint density at radius 2 is 1.85 bits per heavy atom. The van der Waals surface area contributed by atoms with E-state index in [1.165, 1.54) is 24.4 Å². The summed E-state index contributed by atoms with van der Waals surface area (Å²) in [7, 11) is -4.00. The van der Waals surface area contributed by atoms with E-state index in [0.29, 0.717) is 17.7 Å². The molecule has 0 amide bonds. The second-order valence-electron chi connectivity index (χ2n) is 7.67. The van der Waals surface area contributed by atoms with Crippen molar-refractivity contribution in [3.8, 4) is 22.8 Å². The molecule has 0 aliphatic heterocycles. The van der Waals surface area contributed by atoms with Gasteiger partial charge in [-0.2, -0.15) is 5.10 Å². The third-order valence-corrected chi connectivity index (χ3v) is 7.16. The average Bonchev–Trinajstić information content (AvgIpc) is 3.51. The number of nitrogens with one attached hydrogen (secondary N) is 1. The number of fused-ring (bicyclic) bond motifs is 1. The molecule has 5 aromatic rings. The number of aromatic nitrogens is 3. The quantitative estimate of drug-likeness (QED) is 0.336. The number of aromatic amines is 1. The van der Waals surface area contributed by atoms with Crippen LogP contribution < -0.4 is 4.74 Å². The molecule has 9 heteroatoms. The Bertz CT molecular complexity index is 1620. The lowest BCUT2D eigenvalue weighted by Crippen LogP contribution is -2.12. The van der Waals surface area contributed by atoms with Crippen LogP contribution in [0.3, 0.4) is 0 Å². The van der Waals surface area contributed by atoms with Gasteiger partial charge in [0.1, 0.15) is 5.75 Å². The minimum absolute atomic E-state index is 0.0396.